The Balaban J connectivity index is 1.89. The first-order chi connectivity index (χ1) is 9.80. The van der Waals surface area contributed by atoms with E-state index in [4.69, 9.17) is 0 Å². The highest BCUT2D eigenvalue weighted by Gasteiger charge is 2.13. The molecule has 1 aromatic carbocycles. The third-order valence-corrected chi connectivity index (χ3v) is 3.93. The van der Waals surface area contributed by atoms with E-state index >= 15 is 0 Å². The van der Waals surface area contributed by atoms with Crippen molar-refractivity contribution in [3.8, 4) is 0 Å². The Hall–Kier alpha value is -2.07. The van der Waals surface area contributed by atoms with Crippen molar-refractivity contribution in [3.05, 3.63) is 36.0 Å². The molecular formula is C16H19N3O. The molecule has 0 spiro atoms. The van der Waals surface area contributed by atoms with Crippen LogP contribution < -0.4 is 5.32 Å². The van der Waals surface area contributed by atoms with Crippen LogP contribution in [0.2, 0.25) is 0 Å². The van der Waals surface area contributed by atoms with Crippen molar-refractivity contribution in [1.82, 2.24) is 9.88 Å². The highest BCUT2D eigenvalue weighted by molar-refractivity contribution is 5.89. The smallest absolute Gasteiger partial charge is 0.211 e. The fourth-order valence-corrected chi connectivity index (χ4v) is 2.70. The van der Waals surface area contributed by atoms with E-state index in [1.54, 1.807) is 0 Å². The molecule has 0 fully saturated rings. The minimum Gasteiger partial charge on any atom is -0.355 e. The van der Waals surface area contributed by atoms with E-state index in [9.17, 15) is 4.79 Å². The molecule has 0 bridgehead atoms. The first-order valence-electron chi connectivity index (χ1n) is 7.05. The number of H-pyrrole nitrogens is 1. The molecule has 0 saturated heterocycles. The lowest BCUT2D eigenvalue weighted by Crippen LogP contribution is -2.28. The fourth-order valence-electron chi connectivity index (χ4n) is 2.70. The lowest BCUT2D eigenvalue weighted by atomic mass is 10.0. The molecule has 20 heavy (non-hydrogen) atoms. The van der Waals surface area contributed by atoms with Gasteiger partial charge in [0.15, 0.2) is 0 Å². The van der Waals surface area contributed by atoms with E-state index in [0.29, 0.717) is 6.41 Å². The second-order valence-corrected chi connectivity index (χ2v) is 5.12. The number of nitrogens with one attached hydrogen (secondary N) is 2. The van der Waals surface area contributed by atoms with Gasteiger partial charge in [0, 0.05) is 35.4 Å². The number of likely N-dealkylation sites (N-methyl/N-ethyl adjacent to an activating group) is 1. The van der Waals surface area contributed by atoms with Gasteiger partial charge >= 0.3 is 0 Å². The summed E-state index contributed by atoms with van der Waals surface area (Å²) in [4.78, 5) is 16.4. The number of benzene rings is 1. The van der Waals surface area contributed by atoms with E-state index in [1.807, 2.05) is 18.2 Å². The number of hydrogen-bond donors (Lipinski definition) is 2. The molecule has 2 N–H and O–H groups in total. The van der Waals surface area contributed by atoms with E-state index < -0.39 is 0 Å². The van der Waals surface area contributed by atoms with Gasteiger partial charge in [-0.2, -0.15) is 0 Å². The number of carbonyl (C=O) groups excluding carboxylic acids is 1. The number of aromatic nitrogens is 1. The maximum absolute atomic E-state index is 10.5. The lowest BCUT2D eigenvalue weighted by molar-refractivity contribution is -0.105. The SMILES string of the molecule is CCN1CC=C(c2cc3ccc(NC=O)cc3[nH]2)CC1. The Kier molecular flexibility index (Phi) is 3.56. The van der Waals surface area contributed by atoms with Gasteiger partial charge in [-0.1, -0.05) is 19.1 Å². The van der Waals surface area contributed by atoms with Crippen LogP contribution in [0, 0.1) is 0 Å². The van der Waals surface area contributed by atoms with Crippen molar-refractivity contribution in [2.45, 2.75) is 13.3 Å². The zero-order valence-corrected chi connectivity index (χ0v) is 11.6. The van der Waals surface area contributed by atoms with Crippen molar-refractivity contribution >= 4 is 28.6 Å². The Labute approximate surface area is 118 Å². The summed E-state index contributed by atoms with van der Waals surface area (Å²) in [5.74, 6) is 0. The van der Waals surface area contributed by atoms with E-state index in [-0.39, 0.29) is 0 Å². The van der Waals surface area contributed by atoms with Crippen LogP contribution in [0.3, 0.4) is 0 Å². The van der Waals surface area contributed by atoms with Crippen LogP contribution in [0.4, 0.5) is 5.69 Å². The minimum atomic E-state index is 0.702. The molecular weight excluding hydrogens is 250 g/mol. The number of aromatic amines is 1. The van der Waals surface area contributed by atoms with Crippen LogP contribution in [0.25, 0.3) is 16.5 Å². The van der Waals surface area contributed by atoms with Crippen LogP contribution in [0.15, 0.2) is 30.3 Å². The van der Waals surface area contributed by atoms with E-state index in [0.717, 1.165) is 37.3 Å². The molecule has 2 heterocycles. The van der Waals surface area contributed by atoms with Crippen molar-refractivity contribution in [3.63, 3.8) is 0 Å². The molecule has 0 aliphatic carbocycles. The molecule has 0 unspecified atom stereocenters. The van der Waals surface area contributed by atoms with E-state index in [1.165, 1.54) is 16.7 Å². The first-order valence-corrected chi connectivity index (χ1v) is 7.05. The van der Waals surface area contributed by atoms with Gasteiger partial charge in [0.1, 0.15) is 0 Å². The van der Waals surface area contributed by atoms with Crippen LogP contribution in [0.5, 0.6) is 0 Å². The largest absolute Gasteiger partial charge is 0.355 e. The molecule has 2 aromatic rings. The van der Waals surface area contributed by atoms with Crippen molar-refractivity contribution in [2.75, 3.05) is 25.0 Å². The normalized spacial score (nSPS) is 16.1. The van der Waals surface area contributed by atoms with Gasteiger partial charge in [0.2, 0.25) is 6.41 Å². The number of nitrogens with zero attached hydrogens (tertiary/aromatic N) is 1. The average Bonchev–Trinajstić information content (AvgIpc) is 2.91. The number of rotatable bonds is 4. The van der Waals surface area contributed by atoms with Gasteiger partial charge in [-0.3, -0.25) is 9.69 Å². The summed E-state index contributed by atoms with van der Waals surface area (Å²) in [5.41, 5.74) is 4.45. The van der Waals surface area contributed by atoms with E-state index in [2.05, 4.69) is 34.3 Å². The Morgan fingerprint density at radius 1 is 1.40 bits per heavy atom. The topological polar surface area (TPSA) is 48.1 Å². The maximum Gasteiger partial charge on any atom is 0.211 e. The second-order valence-electron chi connectivity index (χ2n) is 5.12. The number of anilines is 1. The molecule has 104 valence electrons. The van der Waals surface area contributed by atoms with Gasteiger partial charge in [0.05, 0.1) is 0 Å². The summed E-state index contributed by atoms with van der Waals surface area (Å²) in [6, 6.07) is 8.10. The maximum atomic E-state index is 10.5. The first kappa shape index (κ1) is 12.9. The predicted molar refractivity (Wildman–Crippen MR) is 82.7 cm³/mol. The van der Waals surface area contributed by atoms with Crippen LogP contribution >= 0.6 is 0 Å². The monoisotopic (exact) mass is 269 g/mol. The Bertz CT molecular complexity index is 657. The third kappa shape index (κ3) is 2.47. The number of fused-ring (bicyclic) bond motifs is 1. The molecule has 0 saturated carbocycles. The molecule has 1 aliphatic heterocycles. The van der Waals surface area contributed by atoms with Crippen molar-refractivity contribution in [2.24, 2.45) is 0 Å². The third-order valence-electron chi connectivity index (χ3n) is 3.93. The summed E-state index contributed by atoms with van der Waals surface area (Å²) < 4.78 is 0. The second kappa shape index (κ2) is 5.51. The Morgan fingerprint density at radius 2 is 2.30 bits per heavy atom. The quantitative estimate of drug-likeness (QED) is 0.838. The Morgan fingerprint density at radius 3 is 3.00 bits per heavy atom. The van der Waals surface area contributed by atoms with Crippen LogP contribution in [0.1, 0.15) is 19.0 Å². The lowest BCUT2D eigenvalue weighted by Gasteiger charge is -2.24. The zero-order chi connectivity index (χ0) is 13.9. The minimum absolute atomic E-state index is 0.702. The van der Waals surface area contributed by atoms with Gasteiger partial charge in [-0.25, -0.2) is 0 Å². The average molecular weight is 269 g/mol. The molecule has 0 atom stereocenters. The highest BCUT2D eigenvalue weighted by Crippen LogP contribution is 2.26. The molecule has 4 heteroatoms. The van der Waals surface area contributed by atoms with Crippen LogP contribution in [-0.4, -0.2) is 35.9 Å². The number of carbonyl (C=O) groups is 1. The van der Waals surface area contributed by atoms with Crippen molar-refractivity contribution < 1.29 is 4.79 Å². The van der Waals surface area contributed by atoms with Gasteiger partial charge in [-0.05, 0) is 36.7 Å². The zero-order valence-electron chi connectivity index (χ0n) is 11.6. The molecule has 4 nitrogen and oxygen atoms in total. The fraction of sp³-hybridized carbons (Fsp3) is 0.312. The van der Waals surface area contributed by atoms with Gasteiger partial charge < -0.3 is 10.3 Å². The van der Waals surface area contributed by atoms with Crippen molar-refractivity contribution in [1.29, 1.82) is 0 Å². The molecule has 1 aliphatic rings. The molecule has 1 aromatic heterocycles. The van der Waals surface area contributed by atoms with Gasteiger partial charge in [0.25, 0.3) is 0 Å². The van der Waals surface area contributed by atoms with Crippen LogP contribution in [-0.2, 0) is 4.79 Å². The number of amides is 1. The summed E-state index contributed by atoms with van der Waals surface area (Å²) in [6.07, 6.45) is 4.09. The summed E-state index contributed by atoms with van der Waals surface area (Å²) in [7, 11) is 0. The molecule has 3 rings (SSSR count). The van der Waals surface area contributed by atoms with Gasteiger partial charge in [-0.15, -0.1) is 0 Å². The highest BCUT2D eigenvalue weighted by atomic mass is 16.1. The molecule has 1 amide bonds. The summed E-state index contributed by atoms with van der Waals surface area (Å²) >= 11 is 0. The summed E-state index contributed by atoms with van der Waals surface area (Å²) in [6.45, 7) is 5.45. The molecule has 0 radical (unpaired) electrons. The standard InChI is InChI=1S/C16H19N3O/c1-2-19-7-5-12(6-8-19)15-9-13-3-4-14(17-11-20)10-16(13)18-15/h3-5,9-11,18H,2,6-8H2,1H3,(H,17,20). The number of hydrogen-bond acceptors (Lipinski definition) is 2. The summed E-state index contributed by atoms with van der Waals surface area (Å²) in [5, 5.41) is 3.86. The predicted octanol–water partition coefficient (Wildman–Crippen LogP) is 2.85.